The molecule has 0 atom stereocenters. The average molecular weight is 459 g/mol. The highest BCUT2D eigenvalue weighted by Gasteiger charge is 2.12. The summed E-state index contributed by atoms with van der Waals surface area (Å²) in [6, 6.07) is 16.5. The second kappa shape index (κ2) is 7.61. The molecule has 4 rings (SSSR count). The standard InChI is InChI=1S/C20H13BrClN3O3/c21-13-3-1-12-8-15(5-2-11(12)7-13)28-10-18(26)24-25-19-16-9-14(22)4-6-17(16)23-20(19)27/h1-9,23,27H,10H2. The van der Waals surface area contributed by atoms with Crippen LogP contribution in [0.5, 0.6) is 11.6 Å². The minimum absolute atomic E-state index is 0.155. The molecule has 1 aromatic heterocycles. The van der Waals surface area contributed by atoms with Gasteiger partial charge in [0.05, 0.1) is 5.52 Å². The minimum atomic E-state index is -0.577. The first-order valence-electron chi connectivity index (χ1n) is 8.26. The average Bonchev–Trinajstić information content (AvgIpc) is 2.99. The number of hydrogen-bond donors (Lipinski definition) is 2. The number of carbonyl (C=O) groups is 1. The number of H-pyrrole nitrogens is 1. The zero-order valence-corrected chi connectivity index (χ0v) is 16.7. The number of aromatic nitrogens is 1. The lowest BCUT2D eigenvalue weighted by Gasteiger charge is -2.05. The summed E-state index contributed by atoms with van der Waals surface area (Å²) < 4.78 is 6.50. The van der Waals surface area contributed by atoms with Crippen LogP contribution in [0.25, 0.3) is 21.7 Å². The van der Waals surface area contributed by atoms with Gasteiger partial charge in [0.1, 0.15) is 5.75 Å². The van der Waals surface area contributed by atoms with Crippen molar-refractivity contribution in [2.75, 3.05) is 6.61 Å². The molecule has 0 aliphatic rings. The lowest BCUT2D eigenvalue weighted by molar-refractivity contribution is -0.120. The van der Waals surface area contributed by atoms with Gasteiger partial charge in [-0.15, -0.1) is 10.2 Å². The summed E-state index contributed by atoms with van der Waals surface area (Å²) in [6.45, 7) is -0.268. The fourth-order valence-electron chi connectivity index (χ4n) is 2.80. The summed E-state index contributed by atoms with van der Waals surface area (Å²) in [7, 11) is 0. The number of amides is 1. The monoisotopic (exact) mass is 457 g/mol. The molecule has 0 aliphatic carbocycles. The number of carbonyl (C=O) groups excluding carboxylic acids is 1. The van der Waals surface area contributed by atoms with Gasteiger partial charge in [0.25, 0.3) is 0 Å². The van der Waals surface area contributed by atoms with Crippen molar-refractivity contribution in [3.8, 4) is 11.6 Å². The fourth-order valence-corrected chi connectivity index (χ4v) is 3.35. The van der Waals surface area contributed by atoms with Crippen LogP contribution in [0.1, 0.15) is 0 Å². The number of hydrogen-bond acceptors (Lipinski definition) is 4. The maximum absolute atomic E-state index is 12.0. The normalized spacial score (nSPS) is 11.5. The fraction of sp³-hybridized carbons (Fsp3) is 0.0500. The Balaban J connectivity index is 1.47. The number of halogens is 2. The molecule has 1 amide bonds. The van der Waals surface area contributed by atoms with Gasteiger partial charge in [0, 0.05) is 14.9 Å². The number of azo groups is 1. The zero-order chi connectivity index (χ0) is 19.7. The van der Waals surface area contributed by atoms with E-state index in [2.05, 4.69) is 31.1 Å². The molecule has 0 bridgehead atoms. The highest BCUT2D eigenvalue weighted by atomic mass is 79.9. The predicted octanol–water partition coefficient (Wildman–Crippen LogP) is 6.13. The van der Waals surface area contributed by atoms with Crippen LogP contribution < -0.4 is 4.74 Å². The molecule has 0 spiro atoms. The molecule has 6 nitrogen and oxygen atoms in total. The summed E-state index contributed by atoms with van der Waals surface area (Å²) in [4.78, 5) is 14.8. The number of aromatic hydroxyl groups is 1. The number of rotatable bonds is 4. The van der Waals surface area contributed by atoms with Gasteiger partial charge in [-0.1, -0.05) is 39.7 Å². The van der Waals surface area contributed by atoms with E-state index in [1.165, 1.54) is 0 Å². The van der Waals surface area contributed by atoms with E-state index in [0.29, 0.717) is 21.7 Å². The SMILES string of the molecule is O=C(COc1ccc2cc(Br)ccc2c1)N=Nc1c(O)[nH]c2ccc(Cl)cc12. The van der Waals surface area contributed by atoms with Crippen molar-refractivity contribution in [3.63, 3.8) is 0 Å². The van der Waals surface area contributed by atoms with E-state index in [0.717, 1.165) is 15.2 Å². The second-order valence-electron chi connectivity index (χ2n) is 6.05. The molecule has 0 radical (unpaired) electrons. The van der Waals surface area contributed by atoms with E-state index in [-0.39, 0.29) is 18.2 Å². The number of aromatic amines is 1. The molecule has 140 valence electrons. The van der Waals surface area contributed by atoms with Crippen LogP contribution in [0.3, 0.4) is 0 Å². The van der Waals surface area contributed by atoms with Crippen LogP contribution in [0.15, 0.2) is 69.3 Å². The van der Waals surface area contributed by atoms with Crippen molar-refractivity contribution >= 4 is 60.8 Å². The van der Waals surface area contributed by atoms with Gasteiger partial charge in [-0.2, -0.15) is 0 Å². The van der Waals surface area contributed by atoms with E-state index in [9.17, 15) is 9.90 Å². The van der Waals surface area contributed by atoms with Crippen LogP contribution in [0, 0.1) is 0 Å². The molecule has 0 fully saturated rings. The molecule has 0 unspecified atom stereocenters. The van der Waals surface area contributed by atoms with E-state index < -0.39 is 5.91 Å². The van der Waals surface area contributed by atoms with E-state index >= 15 is 0 Å². The third kappa shape index (κ3) is 3.85. The van der Waals surface area contributed by atoms with Crippen LogP contribution >= 0.6 is 27.5 Å². The molecule has 0 saturated carbocycles. The predicted molar refractivity (Wildman–Crippen MR) is 112 cm³/mol. The third-order valence-electron chi connectivity index (χ3n) is 4.11. The Morgan fingerprint density at radius 2 is 1.89 bits per heavy atom. The Kier molecular flexibility index (Phi) is 5.02. The Morgan fingerprint density at radius 1 is 1.11 bits per heavy atom. The maximum atomic E-state index is 12.0. The molecular formula is C20H13BrClN3O3. The quantitative estimate of drug-likeness (QED) is 0.360. The van der Waals surface area contributed by atoms with Crippen LogP contribution in [-0.4, -0.2) is 22.6 Å². The molecule has 3 aromatic carbocycles. The van der Waals surface area contributed by atoms with Gasteiger partial charge in [0.15, 0.2) is 12.3 Å². The lowest BCUT2D eigenvalue weighted by Crippen LogP contribution is -2.07. The largest absolute Gasteiger partial charge is 0.493 e. The Hall–Kier alpha value is -2.90. The van der Waals surface area contributed by atoms with Gasteiger partial charge < -0.3 is 14.8 Å². The number of benzene rings is 3. The summed E-state index contributed by atoms with van der Waals surface area (Å²) in [5.74, 6) is -0.206. The first kappa shape index (κ1) is 18.5. The van der Waals surface area contributed by atoms with E-state index in [1.54, 1.807) is 24.3 Å². The third-order valence-corrected chi connectivity index (χ3v) is 4.84. The maximum Gasteiger partial charge on any atom is 0.302 e. The lowest BCUT2D eigenvalue weighted by atomic mass is 10.1. The Bertz CT molecular complexity index is 1240. The zero-order valence-electron chi connectivity index (χ0n) is 14.3. The summed E-state index contributed by atoms with van der Waals surface area (Å²) in [5, 5.41) is 20.6. The van der Waals surface area contributed by atoms with Crippen molar-refractivity contribution in [1.29, 1.82) is 0 Å². The highest BCUT2D eigenvalue weighted by Crippen LogP contribution is 2.36. The number of fused-ring (bicyclic) bond motifs is 2. The number of nitrogens with zero attached hydrogens (tertiary/aromatic N) is 2. The van der Waals surface area contributed by atoms with Crippen LogP contribution in [-0.2, 0) is 4.79 Å². The van der Waals surface area contributed by atoms with Gasteiger partial charge in [-0.3, -0.25) is 4.79 Å². The molecule has 2 N–H and O–H groups in total. The van der Waals surface area contributed by atoms with Crippen LogP contribution in [0.2, 0.25) is 5.02 Å². The first-order chi connectivity index (χ1) is 13.5. The molecule has 28 heavy (non-hydrogen) atoms. The van der Waals surface area contributed by atoms with Crippen LogP contribution in [0.4, 0.5) is 5.69 Å². The van der Waals surface area contributed by atoms with E-state index in [1.807, 2.05) is 30.3 Å². The molecule has 4 aromatic rings. The van der Waals surface area contributed by atoms with Crippen molar-refractivity contribution in [2.24, 2.45) is 10.2 Å². The number of ether oxygens (including phenoxy) is 1. The first-order valence-corrected chi connectivity index (χ1v) is 9.43. The summed E-state index contributed by atoms with van der Waals surface area (Å²) in [6.07, 6.45) is 0. The van der Waals surface area contributed by atoms with E-state index in [4.69, 9.17) is 16.3 Å². The summed E-state index contributed by atoms with van der Waals surface area (Å²) >= 11 is 9.41. The van der Waals surface area contributed by atoms with Crippen molar-refractivity contribution in [1.82, 2.24) is 4.98 Å². The topological polar surface area (TPSA) is 87.0 Å². The molecule has 0 aliphatic heterocycles. The van der Waals surface area contributed by atoms with Gasteiger partial charge >= 0.3 is 5.91 Å². The Labute approximate surface area is 172 Å². The molecular weight excluding hydrogens is 446 g/mol. The van der Waals surface area contributed by atoms with Gasteiger partial charge in [-0.25, -0.2) is 0 Å². The molecule has 1 heterocycles. The smallest absolute Gasteiger partial charge is 0.302 e. The number of nitrogens with one attached hydrogen (secondary N) is 1. The Morgan fingerprint density at radius 3 is 2.75 bits per heavy atom. The molecule has 8 heteroatoms. The molecule has 0 saturated heterocycles. The minimum Gasteiger partial charge on any atom is -0.493 e. The van der Waals surface area contributed by atoms with Gasteiger partial charge in [-0.05, 0) is 53.2 Å². The summed E-state index contributed by atoms with van der Waals surface area (Å²) in [5.41, 5.74) is 0.796. The van der Waals surface area contributed by atoms with Crippen molar-refractivity contribution in [2.45, 2.75) is 0 Å². The van der Waals surface area contributed by atoms with Crippen molar-refractivity contribution < 1.29 is 14.6 Å². The highest BCUT2D eigenvalue weighted by molar-refractivity contribution is 9.10. The second-order valence-corrected chi connectivity index (χ2v) is 7.40. The van der Waals surface area contributed by atoms with Gasteiger partial charge in [0.2, 0.25) is 5.88 Å². The van der Waals surface area contributed by atoms with Crippen molar-refractivity contribution in [3.05, 3.63) is 64.1 Å².